The minimum atomic E-state index is -0.0694. The van der Waals surface area contributed by atoms with E-state index >= 15 is 0 Å². The van der Waals surface area contributed by atoms with Gasteiger partial charge in [-0.25, -0.2) is 4.68 Å². The van der Waals surface area contributed by atoms with Crippen molar-refractivity contribution in [2.24, 2.45) is 17.6 Å². The second kappa shape index (κ2) is 3.27. The van der Waals surface area contributed by atoms with Crippen LogP contribution in [0.4, 0.5) is 0 Å². The zero-order valence-corrected chi connectivity index (χ0v) is 9.00. The van der Waals surface area contributed by atoms with Gasteiger partial charge in [-0.2, -0.15) is 0 Å². The van der Waals surface area contributed by atoms with Gasteiger partial charge in [-0.15, -0.1) is 5.10 Å². The van der Waals surface area contributed by atoms with Crippen LogP contribution in [0.5, 0.6) is 0 Å². The van der Waals surface area contributed by atoms with E-state index in [4.69, 9.17) is 5.73 Å². The van der Waals surface area contributed by atoms with E-state index in [1.807, 2.05) is 11.6 Å². The molecule has 1 atom stereocenters. The fraction of sp³-hybridized carbons (Fsp3) is 0.900. The highest BCUT2D eigenvalue weighted by Gasteiger charge is 2.44. The maximum Gasteiger partial charge on any atom is 0.168 e. The number of nitrogens with two attached hydrogens (primary N) is 1. The van der Waals surface area contributed by atoms with Crippen LogP contribution in [-0.4, -0.2) is 20.2 Å². The minimum absolute atomic E-state index is 0.0694. The van der Waals surface area contributed by atoms with Crippen LogP contribution in [0.15, 0.2) is 0 Å². The molecule has 0 bridgehead atoms. The van der Waals surface area contributed by atoms with Crippen LogP contribution < -0.4 is 5.73 Å². The van der Waals surface area contributed by atoms with E-state index in [9.17, 15) is 0 Å². The molecule has 1 aromatic rings. The third-order valence-electron chi connectivity index (χ3n) is 3.42. The second-order valence-corrected chi connectivity index (χ2v) is 4.94. The number of hydrogen-bond acceptors (Lipinski definition) is 4. The van der Waals surface area contributed by atoms with Gasteiger partial charge in [0.05, 0.1) is 12.1 Å². The van der Waals surface area contributed by atoms with Crippen molar-refractivity contribution in [3.8, 4) is 0 Å². The smallest absolute Gasteiger partial charge is 0.168 e. The summed E-state index contributed by atoms with van der Waals surface area (Å²) in [5.74, 6) is 2.45. The van der Waals surface area contributed by atoms with E-state index in [-0.39, 0.29) is 6.04 Å². The third-order valence-corrected chi connectivity index (χ3v) is 3.42. The lowest BCUT2D eigenvalue weighted by Crippen LogP contribution is -2.21. The molecule has 0 saturated heterocycles. The molecule has 0 aromatic carbocycles. The molecule has 0 radical (unpaired) electrons. The van der Waals surface area contributed by atoms with Gasteiger partial charge in [0.1, 0.15) is 0 Å². The van der Waals surface area contributed by atoms with Gasteiger partial charge in [-0.05, 0) is 54.9 Å². The molecule has 0 amide bonds. The number of aromatic nitrogens is 4. The Kier molecular flexibility index (Phi) is 2.02. The molecule has 0 spiro atoms. The van der Waals surface area contributed by atoms with E-state index < -0.39 is 0 Å². The van der Waals surface area contributed by atoms with Crippen LogP contribution in [0.25, 0.3) is 0 Å². The van der Waals surface area contributed by atoms with Gasteiger partial charge in [-0.3, -0.25) is 0 Å². The van der Waals surface area contributed by atoms with Gasteiger partial charge in [0, 0.05) is 0 Å². The Morgan fingerprint density at radius 3 is 2.33 bits per heavy atom. The quantitative estimate of drug-likeness (QED) is 0.801. The number of tetrazole rings is 1. The topological polar surface area (TPSA) is 69.6 Å². The Labute approximate surface area is 89.0 Å². The molecule has 2 N–H and O–H groups in total. The minimum Gasteiger partial charge on any atom is -0.322 e. The van der Waals surface area contributed by atoms with Gasteiger partial charge in [0.15, 0.2) is 5.82 Å². The Balaban J connectivity index is 1.91. The summed E-state index contributed by atoms with van der Waals surface area (Å²) < 4.78 is 2.00. The molecular formula is C10H17N5. The average Bonchev–Trinajstić information content (AvgIpc) is 3.07. The Bertz CT molecular complexity index is 338. The van der Waals surface area contributed by atoms with Crippen molar-refractivity contribution in [2.75, 3.05) is 0 Å². The SMILES string of the molecule is CC(N)c1nnnn1C(C1CC1)C1CC1. The highest BCUT2D eigenvalue weighted by atomic mass is 15.6. The van der Waals surface area contributed by atoms with Crippen molar-refractivity contribution >= 4 is 0 Å². The predicted molar refractivity (Wildman–Crippen MR) is 54.9 cm³/mol. The first-order valence-electron chi connectivity index (χ1n) is 5.80. The molecule has 5 heteroatoms. The van der Waals surface area contributed by atoms with E-state index in [0.717, 1.165) is 17.7 Å². The zero-order valence-electron chi connectivity index (χ0n) is 9.00. The molecule has 2 aliphatic rings. The molecule has 15 heavy (non-hydrogen) atoms. The average molecular weight is 207 g/mol. The van der Waals surface area contributed by atoms with Crippen molar-refractivity contribution in [1.82, 2.24) is 20.2 Å². The number of nitrogens with zero attached hydrogens (tertiary/aromatic N) is 4. The van der Waals surface area contributed by atoms with E-state index in [1.54, 1.807) is 0 Å². The maximum atomic E-state index is 5.87. The van der Waals surface area contributed by atoms with Gasteiger partial charge in [-0.1, -0.05) is 0 Å². The summed E-state index contributed by atoms with van der Waals surface area (Å²) in [5.41, 5.74) is 5.87. The predicted octanol–water partition coefficient (Wildman–Crippen LogP) is 1.05. The first kappa shape index (κ1) is 9.27. The summed E-state index contributed by atoms with van der Waals surface area (Å²) in [5, 5.41) is 11.9. The largest absolute Gasteiger partial charge is 0.322 e. The standard InChI is InChI=1S/C10H17N5/c1-6(11)10-12-13-14-15(10)9(7-2-3-7)8-4-5-8/h6-9H,2-5,11H2,1H3. The molecule has 3 rings (SSSR count). The van der Waals surface area contributed by atoms with Gasteiger partial charge in [0.25, 0.3) is 0 Å². The highest BCUT2D eigenvalue weighted by Crippen LogP contribution is 2.52. The molecule has 82 valence electrons. The molecule has 1 aromatic heterocycles. The Hall–Kier alpha value is -0.970. The number of hydrogen-bond donors (Lipinski definition) is 1. The monoisotopic (exact) mass is 207 g/mol. The van der Waals surface area contributed by atoms with E-state index in [1.165, 1.54) is 25.7 Å². The van der Waals surface area contributed by atoms with Crippen molar-refractivity contribution in [3.05, 3.63) is 5.82 Å². The van der Waals surface area contributed by atoms with E-state index in [2.05, 4.69) is 15.5 Å². The highest BCUT2D eigenvalue weighted by molar-refractivity contribution is 5.00. The lowest BCUT2D eigenvalue weighted by molar-refractivity contribution is 0.338. The molecule has 1 unspecified atom stereocenters. The number of rotatable bonds is 4. The van der Waals surface area contributed by atoms with Crippen LogP contribution in [0, 0.1) is 11.8 Å². The third kappa shape index (κ3) is 1.65. The normalized spacial score (nSPS) is 23.4. The fourth-order valence-corrected chi connectivity index (χ4v) is 2.37. The van der Waals surface area contributed by atoms with Crippen molar-refractivity contribution in [3.63, 3.8) is 0 Å². The van der Waals surface area contributed by atoms with Gasteiger partial charge >= 0.3 is 0 Å². The molecule has 0 aliphatic heterocycles. The van der Waals surface area contributed by atoms with Crippen LogP contribution in [0.1, 0.15) is 50.5 Å². The molecule has 2 aliphatic carbocycles. The van der Waals surface area contributed by atoms with E-state index in [0.29, 0.717) is 6.04 Å². The van der Waals surface area contributed by atoms with Gasteiger partial charge < -0.3 is 5.73 Å². The van der Waals surface area contributed by atoms with Gasteiger partial charge in [0.2, 0.25) is 0 Å². The Morgan fingerprint density at radius 1 is 1.27 bits per heavy atom. The van der Waals surface area contributed by atoms with Crippen molar-refractivity contribution in [1.29, 1.82) is 0 Å². The summed E-state index contributed by atoms with van der Waals surface area (Å²) in [4.78, 5) is 0. The maximum absolute atomic E-state index is 5.87. The van der Waals surface area contributed by atoms with Crippen LogP contribution >= 0.6 is 0 Å². The van der Waals surface area contributed by atoms with Crippen molar-refractivity contribution in [2.45, 2.75) is 44.7 Å². The van der Waals surface area contributed by atoms with Crippen LogP contribution in [-0.2, 0) is 0 Å². The molecular weight excluding hydrogens is 190 g/mol. The van der Waals surface area contributed by atoms with Crippen molar-refractivity contribution < 1.29 is 0 Å². The summed E-state index contributed by atoms with van der Waals surface area (Å²) >= 11 is 0. The zero-order chi connectivity index (χ0) is 10.4. The molecule has 2 saturated carbocycles. The van der Waals surface area contributed by atoms with Crippen LogP contribution in [0.2, 0.25) is 0 Å². The first-order valence-corrected chi connectivity index (χ1v) is 5.80. The molecule has 1 heterocycles. The molecule has 5 nitrogen and oxygen atoms in total. The van der Waals surface area contributed by atoms with Crippen LogP contribution in [0.3, 0.4) is 0 Å². The lowest BCUT2D eigenvalue weighted by Gasteiger charge is -2.18. The fourth-order valence-electron chi connectivity index (χ4n) is 2.37. The first-order chi connectivity index (χ1) is 7.27. The summed E-state index contributed by atoms with van der Waals surface area (Å²) in [6.07, 6.45) is 5.33. The summed E-state index contributed by atoms with van der Waals surface area (Å²) in [7, 11) is 0. The lowest BCUT2D eigenvalue weighted by atomic mass is 10.1. The Morgan fingerprint density at radius 2 is 1.87 bits per heavy atom. The summed E-state index contributed by atoms with van der Waals surface area (Å²) in [6, 6.07) is 0.459. The molecule has 2 fully saturated rings. The summed E-state index contributed by atoms with van der Waals surface area (Å²) in [6.45, 7) is 1.94. The second-order valence-electron chi connectivity index (χ2n) is 4.94.